The topological polar surface area (TPSA) is 127 Å². The van der Waals surface area contributed by atoms with Crippen molar-refractivity contribution >= 4 is 22.9 Å². The number of aromatic nitrogens is 4. The van der Waals surface area contributed by atoms with Gasteiger partial charge in [-0.3, -0.25) is 9.69 Å². The van der Waals surface area contributed by atoms with Gasteiger partial charge in [-0.15, -0.1) is 11.3 Å². The molecule has 0 saturated carbocycles. The van der Waals surface area contributed by atoms with E-state index >= 15 is 0 Å². The summed E-state index contributed by atoms with van der Waals surface area (Å²) in [5.41, 5.74) is 9.32. The van der Waals surface area contributed by atoms with Crippen LogP contribution in [0.1, 0.15) is 41.4 Å². The third-order valence-electron chi connectivity index (χ3n) is 5.53. The van der Waals surface area contributed by atoms with Gasteiger partial charge in [0.1, 0.15) is 24.2 Å². The van der Waals surface area contributed by atoms with E-state index in [1.54, 1.807) is 28.9 Å². The minimum atomic E-state index is -0.480. The molecule has 0 radical (unpaired) electrons. The van der Waals surface area contributed by atoms with E-state index in [4.69, 9.17) is 10.3 Å². The number of nitrogens with zero attached hydrogens (tertiary/aromatic N) is 6. The van der Waals surface area contributed by atoms with Crippen LogP contribution in [-0.2, 0) is 11.3 Å². The molecule has 3 aromatic rings. The third kappa shape index (κ3) is 3.23. The zero-order valence-electron chi connectivity index (χ0n) is 16.8. The van der Waals surface area contributed by atoms with Gasteiger partial charge in [0, 0.05) is 28.6 Å². The van der Waals surface area contributed by atoms with Crippen LogP contribution in [0.5, 0.6) is 0 Å². The molecule has 2 aliphatic rings. The van der Waals surface area contributed by atoms with Gasteiger partial charge < -0.3 is 10.3 Å². The van der Waals surface area contributed by atoms with Crippen LogP contribution in [0.25, 0.3) is 0 Å². The van der Waals surface area contributed by atoms with Crippen molar-refractivity contribution in [1.82, 2.24) is 19.9 Å². The first-order valence-corrected chi connectivity index (χ1v) is 10.7. The van der Waals surface area contributed by atoms with Crippen molar-refractivity contribution < 1.29 is 9.32 Å². The first-order chi connectivity index (χ1) is 15.1. The van der Waals surface area contributed by atoms with E-state index in [-0.39, 0.29) is 5.78 Å². The molecule has 3 aromatic heterocycles. The first-order valence-electron chi connectivity index (χ1n) is 9.86. The summed E-state index contributed by atoms with van der Waals surface area (Å²) in [6, 6.07) is 6.04. The molecule has 5 rings (SSSR count). The molecule has 1 atom stereocenters. The highest BCUT2D eigenvalue weighted by molar-refractivity contribution is 7.10. The maximum absolute atomic E-state index is 13.1. The Hall–Kier alpha value is -3.71. The number of thiophene rings is 1. The molecule has 2 N–H and O–H groups in total. The normalized spacial score (nSPS) is 19.0. The van der Waals surface area contributed by atoms with Crippen LogP contribution in [0.2, 0.25) is 0 Å². The molecular weight excluding hydrogens is 414 g/mol. The van der Waals surface area contributed by atoms with Crippen molar-refractivity contribution in [3.63, 3.8) is 0 Å². The summed E-state index contributed by atoms with van der Waals surface area (Å²) in [5, 5.41) is 20.3. The number of allylic oxidation sites excluding steroid dienone is 3. The Morgan fingerprint density at radius 2 is 2.26 bits per heavy atom. The number of hydrogen-bond acceptors (Lipinski definition) is 9. The van der Waals surface area contributed by atoms with Crippen LogP contribution in [0.3, 0.4) is 0 Å². The van der Waals surface area contributed by atoms with Crippen LogP contribution in [-0.4, -0.2) is 25.7 Å². The summed E-state index contributed by atoms with van der Waals surface area (Å²) in [5.74, 6) is 0.972. The summed E-state index contributed by atoms with van der Waals surface area (Å²) in [6.07, 6.45) is 5.01. The van der Waals surface area contributed by atoms with Crippen LogP contribution < -0.4 is 10.6 Å². The molecule has 0 aromatic carbocycles. The molecule has 0 amide bonds. The van der Waals surface area contributed by atoms with Crippen molar-refractivity contribution in [1.29, 1.82) is 5.26 Å². The summed E-state index contributed by atoms with van der Waals surface area (Å²) in [4.78, 5) is 19.7. The van der Waals surface area contributed by atoms with Crippen molar-refractivity contribution in [3.05, 3.63) is 69.0 Å². The molecule has 4 heterocycles. The zero-order chi connectivity index (χ0) is 21.5. The fraction of sp³-hybridized carbons (Fsp3) is 0.286. The van der Waals surface area contributed by atoms with Gasteiger partial charge in [0.2, 0.25) is 0 Å². The van der Waals surface area contributed by atoms with E-state index in [1.165, 1.54) is 17.7 Å². The largest absolute Gasteiger partial charge is 0.384 e. The minimum Gasteiger partial charge on any atom is -0.384 e. The van der Waals surface area contributed by atoms with Gasteiger partial charge in [-0.05, 0) is 36.8 Å². The predicted molar refractivity (Wildman–Crippen MR) is 113 cm³/mol. The monoisotopic (exact) mass is 433 g/mol. The second-order valence-electron chi connectivity index (χ2n) is 7.56. The fourth-order valence-electron chi connectivity index (χ4n) is 4.22. The van der Waals surface area contributed by atoms with Crippen molar-refractivity contribution in [2.45, 2.75) is 38.6 Å². The number of carbonyl (C=O) groups excluding carboxylic acids is 1. The Bertz CT molecular complexity index is 1260. The highest BCUT2D eigenvalue weighted by Crippen LogP contribution is 2.47. The van der Waals surface area contributed by atoms with Crippen LogP contribution in [0.4, 0.5) is 5.82 Å². The van der Waals surface area contributed by atoms with E-state index < -0.39 is 5.92 Å². The summed E-state index contributed by atoms with van der Waals surface area (Å²) in [7, 11) is 0. The Kier molecular flexibility index (Phi) is 4.67. The lowest BCUT2D eigenvalue weighted by atomic mass is 9.78. The number of hydrogen-bond donors (Lipinski definition) is 1. The Labute approximate surface area is 182 Å². The number of carbonyl (C=O) groups is 1. The van der Waals surface area contributed by atoms with Crippen LogP contribution in [0.15, 0.2) is 57.4 Å². The number of anilines is 1. The van der Waals surface area contributed by atoms with Crippen LogP contribution >= 0.6 is 11.3 Å². The van der Waals surface area contributed by atoms with Gasteiger partial charge in [0.25, 0.3) is 0 Å². The molecular formula is C21H19N7O2S. The quantitative estimate of drug-likeness (QED) is 0.665. The van der Waals surface area contributed by atoms with Gasteiger partial charge >= 0.3 is 0 Å². The first kappa shape index (κ1) is 19.3. The number of aryl methyl sites for hydroxylation is 1. The maximum Gasteiger partial charge on any atom is 0.182 e. The number of ketones is 1. The lowest BCUT2D eigenvalue weighted by Crippen LogP contribution is -2.38. The van der Waals surface area contributed by atoms with Crippen LogP contribution in [0, 0.1) is 18.3 Å². The van der Waals surface area contributed by atoms with Crippen molar-refractivity contribution in [2.24, 2.45) is 5.73 Å². The van der Waals surface area contributed by atoms with Gasteiger partial charge in [0.15, 0.2) is 11.6 Å². The third-order valence-corrected chi connectivity index (χ3v) is 6.57. The van der Waals surface area contributed by atoms with Crippen molar-refractivity contribution in [3.8, 4) is 6.07 Å². The molecule has 9 nitrogen and oxygen atoms in total. The zero-order valence-corrected chi connectivity index (χ0v) is 17.6. The van der Waals surface area contributed by atoms with Gasteiger partial charge in [-0.2, -0.15) is 10.4 Å². The standard InChI is InChI=1S/C21H19N7O2S/c1-12-5-18(26-30-12)28-15-3-2-4-16(29)20(15)19(14(7-22)21(28)23)17-6-13(9-31-17)8-27-11-24-10-25-27/h5-6,9-11,19H,2-4,8,23H2,1H3/t19-/m0/s1. The smallest absolute Gasteiger partial charge is 0.182 e. The fourth-order valence-corrected chi connectivity index (χ4v) is 5.24. The molecule has 31 heavy (non-hydrogen) atoms. The Morgan fingerprint density at radius 3 is 2.97 bits per heavy atom. The van der Waals surface area contributed by atoms with Gasteiger partial charge in [0.05, 0.1) is 24.1 Å². The SMILES string of the molecule is Cc1cc(N2C(N)=C(C#N)[C@@H](c3cc(Cn4cncn4)cs3)C3=C2CCCC3=O)no1. The second kappa shape index (κ2) is 7.52. The van der Waals surface area contributed by atoms with E-state index in [1.807, 2.05) is 11.4 Å². The molecule has 1 aliphatic carbocycles. The Morgan fingerprint density at radius 1 is 1.39 bits per heavy atom. The molecule has 0 spiro atoms. The molecule has 0 bridgehead atoms. The number of nitrogens with two attached hydrogens (primary N) is 1. The molecule has 0 unspecified atom stereocenters. The lowest BCUT2D eigenvalue weighted by molar-refractivity contribution is -0.116. The molecule has 0 saturated heterocycles. The number of nitriles is 1. The van der Waals surface area contributed by atoms with Gasteiger partial charge in [-0.1, -0.05) is 5.16 Å². The second-order valence-corrected chi connectivity index (χ2v) is 8.51. The average molecular weight is 433 g/mol. The molecule has 0 fully saturated rings. The maximum atomic E-state index is 13.1. The molecule has 10 heteroatoms. The highest BCUT2D eigenvalue weighted by Gasteiger charge is 2.41. The van der Waals surface area contributed by atoms with E-state index in [0.29, 0.717) is 47.9 Å². The number of rotatable bonds is 4. The van der Waals surface area contributed by atoms with Crippen molar-refractivity contribution in [2.75, 3.05) is 4.90 Å². The Balaban J connectivity index is 1.62. The van der Waals surface area contributed by atoms with E-state index in [0.717, 1.165) is 22.6 Å². The molecule has 156 valence electrons. The summed E-state index contributed by atoms with van der Waals surface area (Å²) < 4.78 is 6.96. The highest BCUT2D eigenvalue weighted by atomic mass is 32.1. The minimum absolute atomic E-state index is 0.0444. The van der Waals surface area contributed by atoms with E-state index in [2.05, 4.69) is 21.3 Å². The lowest BCUT2D eigenvalue weighted by Gasteiger charge is -2.37. The number of Topliss-reactive ketones (excluding diaryl/α,β-unsaturated/α-hetero) is 1. The van der Waals surface area contributed by atoms with E-state index in [9.17, 15) is 10.1 Å². The summed E-state index contributed by atoms with van der Waals surface area (Å²) in [6.45, 7) is 2.35. The van der Waals surface area contributed by atoms with Gasteiger partial charge in [-0.25, -0.2) is 9.67 Å². The predicted octanol–water partition coefficient (Wildman–Crippen LogP) is 2.99. The summed E-state index contributed by atoms with van der Waals surface area (Å²) >= 11 is 1.52. The average Bonchev–Trinajstić information content (AvgIpc) is 3.51. The molecule has 1 aliphatic heterocycles.